The fourth-order valence-electron chi connectivity index (χ4n) is 4.76. The number of hydrogen-bond acceptors (Lipinski definition) is 2. The number of nitrogens with zero attached hydrogens (tertiary/aromatic N) is 2. The smallest absolute Gasteiger partial charge is 0.0406 e. The van der Waals surface area contributed by atoms with E-state index in [1.165, 1.54) is 57.4 Å². The molecule has 1 aromatic rings. The topological polar surface area (TPSA) is 6.48 Å². The molecule has 3 aliphatic rings. The van der Waals surface area contributed by atoms with Crippen molar-refractivity contribution in [2.24, 2.45) is 11.8 Å². The van der Waals surface area contributed by atoms with Crippen LogP contribution in [-0.2, 0) is 6.54 Å². The molecule has 1 aliphatic heterocycles. The predicted molar refractivity (Wildman–Crippen MR) is 87.5 cm³/mol. The minimum atomic E-state index is 0.833. The summed E-state index contributed by atoms with van der Waals surface area (Å²) in [4.78, 5) is 5.38. The summed E-state index contributed by atoms with van der Waals surface area (Å²) < 4.78 is 0. The molecule has 0 N–H and O–H groups in total. The van der Waals surface area contributed by atoms with E-state index in [1.54, 1.807) is 0 Å². The van der Waals surface area contributed by atoms with Crippen LogP contribution in [0.15, 0.2) is 24.3 Å². The Balaban J connectivity index is 1.29. The summed E-state index contributed by atoms with van der Waals surface area (Å²) in [6.45, 7) is 6.04. The molecule has 0 amide bonds. The Hall–Kier alpha value is -0.570. The molecule has 0 spiro atoms. The Morgan fingerprint density at radius 3 is 2.33 bits per heavy atom. The maximum atomic E-state index is 5.96. The van der Waals surface area contributed by atoms with Crippen LogP contribution >= 0.6 is 11.6 Å². The van der Waals surface area contributed by atoms with Gasteiger partial charge in [-0.2, -0.15) is 0 Å². The van der Waals surface area contributed by atoms with E-state index in [0.717, 1.165) is 29.4 Å². The van der Waals surface area contributed by atoms with Crippen molar-refractivity contribution in [3.05, 3.63) is 34.9 Å². The van der Waals surface area contributed by atoms with Crippen molar-refractivity contribution in [3.63, 3.8) is 0 Å². The van der Waals surface area contributed by atoms with E-state index in [2.05, 4.69) is 21.9 Å². The van der Waals surface area contributed by atoms with Gasteiger partial charge < -0.3 is 0 Å². The molecule has 1 saturated heterocycles. The fraction of sp³-hybridized carbons (Fsp3) is 0.667. The fourth-order valence-corrected chi connectivity index (χ4v) is 4.89. The summed E-state index contributed by atoms with van der Waals surface area (Å²) in [5, 5.41) is 0.833. The molecule has 3 heteroatoms. The number of halogens is 1. The van der Waals surface area contributed by atoms with Crippen LogP contribution in [0.5, 0.6) is 0 Å². The summed E-state index contributed by atoms with van der Waals surface area (Å²) in [5.74, 6) is 2.09. The van der Waals surface area contributed by atoms with Gasteiger partial charge in [-0.3, -0.25) is 9.80 Å². The number of fused-ring (bicyclic) bond motifs is 2. The lowest BCUT2D eigenvalue weighted by atomic mass is 9.93. The van der Waals surface area contributed by atoms with Crippen molar-refractivity contribution in [1.29, 1.82) is 0 Å². The van der Waals surface area contributed by atoms with Crippen LogP contribution in [0.25, 0.3) is 0 Å². The first kappa shape index (κ1) is 14.0. The van der Waals surface area contributed by atoms with Crippen molar-refractivity contribution in [1.82, 2.24) is 9.80 Å². The van der Waals surface area contributed by atoms with Crippen LogP contribution in [-0.4, -0.2) is 42.0 Å². The van der Waals surface area contributed by atoms with Crippen LogP contribution in [0.4, 0.5) is 0 Å². The highest BCUT2D eigenvalue weighted by molar-refractivity contribution is 6.30. The third kappa shape index (κ3) is 2.99. The van der Waals surface area contributed by atoms with Crippen molar-refractivity contribution < 1.29 is 0 Å². The molecule has 0 radical (unpaired) electrons. The zero-order valence-corrected chi connectivity index (χ0v) is 13.4. The van der Waals surface area contributed by atoms with Gasteiger partial charge in [0.2, 0.25) is 0 Å². The lowest BCUT2D eigenvalue weighted by Gasteiger charge is -2.41. The summed E-state index contributed by atoms with van der Waals surface area (Å²) in [7, 11) is 0. The quantitative estimate of drug-likeness (QED) is 0.841. The van der Waals surface area contributed by atoms with Crippen molar-refractivity contribution in [2.45, 2.75) is 38.3 Å². The standard InChI is InChI=1S/C18H25ClN2/c19-17-5-2-14(3-6-17)13-20-7-9-21(10-8-20)18-12-15-1-4-16(18)11-15/h2-3,5-6,15-16,18H,1,4,7-13H2. The van der Waals surface area contributed by atoms with Gasteiger partial charge in [0.1, 0.15) is 0 Å². The van der Waals surface area contributed by atoms with Gasteiger partial charge in [-0.05, 0) is 48.8 Å². The molecular weight excluding hydrogens is 280 g/mol. The van der Waals surface area contributed by atoms with Crippen molar-refractivity contribution in [3.8, 4) is 0 Å². The minimum Gasteiger partial charge on any atom is -0.298 e. The SMILES string of the molecule is Clc1ccc(CN2CCN(C3CC4CCC3C4)CC2)cc1. The Bertz CT molecular complexity index is 478. The third-order valence-electron chi connectivity index (χ3n) is 5.90. The average molecular weight is 305 g/mol. The first-order valence-corrected chi connectivity index (χ1v) is 8.86. The second-order valence-electron chi connectivity index (χ2n) is 7.18. The first-order chi connectivity index (χ1) is 10.3. The molecule has 3 fully saturated rings. The summed E-state index contributed by atoms with van der Waals surface area (Å²) in [5.41, 5.74) is 1.38. The molecule has 21 heavy (non-hydrogen) atoms. The van der Waals surface area contributed by atoms with E-state index >= 15 is 0 Å². The Morgan fingerprint density at radius 2 is 1.71 bits per heavy atom. The lowest BCUT2D eigenvalue weighted by molar-refractivity contribution is 0.0680. The maximum Gasteiger partial charge on any atom is 0.0406 e. The molecular formula is C18H25ClN2. The zero-order chi connectivity index (χ0) is 14.2. The Labute approximate surface area is 133 Å². The van der Waals surface area contributed by atoms with Gasteiger partial charge in [-0.25, -0.2) is 0 Å². The van der Waals surface area contributed by atoms with E-state index in [0.29, 0.717) is 0 Å². The molecule has 2 saturated carbocycles. The lowest BCUT2D eigenvalue weighted by Crippen LogP contribution is -2.51. The molecule has 0 aromatic heterocycles. The van der Waals surface area contributed by atoms with Crippen LogP contribution in [0.2, 0.25) is 5.02 Å². The second kappa shape index (κ2) is 5.91. The van der Waals surface area contributed by atoms with E-state index in [9.17, 15) is 0 Å². The largest absolute Gasteiger partial charge is 0.298 e. The van der Waals surface area contributed by atoms with Crippen molar-refractivity contribution in [2.75, 3.05) is 26.2 Å². The highest BCUT2D eigenvalue weighted by atomic mass is 35.5. The van der Waals surface area contributed by atoms with Crippen LogP contribution < -0.4 is 0 Å². The van der Waals surface area contributed by atoms with Crippen LogP contribution in [0, 0.1) is 11.8 Å². The average Bonchev–Trinajstić information content (AvgIpc) is 3.13. The molecule has 1 aromatic carbocycles. The highest BCUT2D eigenvalue weighted by Gasteiger charge is 2.42. The zero-order valence-electron chi connectivity index (χ0n) is 12.7. The number of piperazine rings is 1. The minimum absolute atomic E-state index is 0.833. The monoisotopic (exact) mass is 304 g/mol. The summed E-state index contributed by atoms with van der Waals surface area (Å²) >= 11 is 5.96. The summed E-state index contributed by atoms with van der Waals surface area (Å²) in [6, 6.07) is 9.24. The third-order valence-corrected chi connectivity index (χ3v) is 6.15. The van der Waals surface area contributed by atoms with Gasteiger partial charge in [0.05, 0.1) is 0 Å². The van der Waals surface area contributed by atoms with E-state index in [-0.39, 0.29) is 0 Å². The number of hydrogen-bond donors (Lipinski definition) is 0. The molecule has 2 aliphatic carbocycles. The Kier molecular flexibility index (Phi) is 3.95. The molecule has 2 nitrogen and oxygen atoms in total. The molecule has 2 bridgehead atoms. The van der Waals surface area contributed by atoms with E-state index in [1.807, 2.05) is 12.1 Å². The molecule has 3 atom stereocenters. The molecule has 3 unspecified atom stereocenters. The van der Waals surface area contributed by atoms with Gasteiger partial charge in [0.15, 0.2) is 0 Å². The second-order valence-corrected chi connectivity index (χ2v) is 7.62. The Morgan fingerprint density at radius 1 is 0.952 bits per heavy atom. The molecule has 1 heterocycles. The first-order valence-electron chi connectivity index (χ1n) is 8.49. The van der Waals surface area contributed by atoms with Crippen LogP contribution in [0.1, 0.15) is 31.2 Å². The highest BCUT2D eigenvalue weighted by Crippen LogP contribution is 2.46. The van der Waals surface area contributed by atoms with Gasteiger partial charge in [0, 0.05) is 43.8 Å². The van der Waals surface area contributed by atoms with Gasteiger partial charge in [-0.1, -0.05) is 30.2 Å². The van der Waals surface area contributed by atoms with Crippen molar-refractivity contribution >= 4 is 11.6 Å². The summed E-state index contributed by atoms with van der Waals surface area (Å²) in [6.07, 6.45) is 6.02. The predicted octanol–water partition coefficient (Wildman–Crippen LogP) is 3.65. The maximum absolute atomic E-state index is 5.96. The molecule has 114 valence electrons. The van der Waals surface area contributed by atoms with E-state index < -0.39 is 0 Å². The number of rotatable bonds is 3. The van der Waals surface area contributed by atoms with Gasteiger partial charge in [0.25, 0.3) is 0 Å². The van der Waals surface area contributed by atoms with Crippen LogP contribution in [0.3, 0.4) is 0 Å². The number of benzene rings is 1. The van der Waals surface area contributed by atoms with Gasteiger partial charge in [-0.15, -0.1) is 0 Å². The van der Waals surface area contributed by atoms with E-state index in [4.69, 9.17) is 11.6 Å². The van der Waals surface area contributed by atoms with Gasteiger partial charge >= 0.3 is 0 Å². The normalized spacial score (nSPS) is 33.7. The molecule has 4 rings (SSSR count).